The van der Waals surface area contributed by atoms with Gasteiger partial charge in [-0.2, -0.15) is 0 Å². The lowest BCUT2D eigenvalue weighted by Crippen LogP contribution is -2.53. The minimum Gasteiger partial charge on any atom is -0.494 e. The molecule has 0 fully saturated rings. The molecular weight excluding hydrogens is 550 g/mol. The first-order chi connectivity index (χ1) is 20.0. The molecule has 2 atom stereocenters. The summed E-state index contributed by atoms with van der Waals surface area (Å²) < 4.78 is 34.7. The first-order valence-electron chi connectivity index (χ1n) is 14.5. The molecule has 3 aromatic rings. The summed E-state index contributed by atoms with van der Waals surface area (Å²) in [4.78, 5) is 29.2. The van der Waals surface area contributed by atoms with Crippen molar-refractivity contribution in [1.29, 1.82) is 0 Å². The Hall–Kier alpha value is -3.85. The Morgan fingerprint density at radius 2 is 1.52 bits per heavy atom. The van der Waals surface area contributed by atoms with Gasteiger partial charge in [-0.1, -0.05) is 55.8 Å². The van der Waals surface area contributed by atoms with Crippen molar-refractivity contribution in [2.45, 2.75) is 77.9 Å². The van der Waals surface area contributed by atoms with E-state index in [1.807, 2.05) is 65.8 Å². The number of nitrogens with zero attached hydrogens (tertiary/aromatic N) is 2. The van der Waals surface area contributed by atoms with Crippen molar-refractivity contribution >= 4 is 27.5 Å². The highest BCUT2D eigenvalue weighted by Crippen LogP contribution is 2.27. The van der Waals surface area contributed by atoms with Crippen molar-refractivity contribution in [2.24, 2.45) is 0 Å². The van der Waals surface area contributed by atoms with Crippen molar-refractivity contribution < 1.29 is 22.7 Å². The summed E-state index contributed by atoms with van der Waals surface area (Å²) in [5.74, 6) is -0.147. The molecule has 3 aromatic carbocycles. The van der Waals surface area contributed by atoms with Gasteiger partial charge in [-0.05, 0) is 88.1 Å². The van der Waals surface area contributed by atoms with Crippen molar-refractivity contribution in [3.8, 4) is 5.75 Å². The monoisotopic (exact) mass is 593 g/mol. The molecule has 2 amide bonds. The van der Waals surface area contributed by atoms with Crippen LogP contribution in [-0.4, -0.2) is 50.4 Å². The second-order valence-electron chi connectivity index (χ2n) is 10.4. The topological polar surface area (TPSA) is 96.0 Å². The van der Waals surface area contributed by atoms with Gasteiger partial charge < -0.3 is 15.0 Å². The Kier molecular flexibility index (Phi) is 11.6. The number of sulfonamides is 1. The number of carbonyl (C=O) groups excluding carboxylic acids is 2. The van der Waals surface area contributed by atoms with Gasteiger partial charge in [0, 0.05) is 12.6 Å². The summed E-state index contributed by atoms with van der Waals surface area (Å²) >= 11 is 0. The summed E-state index contributed by atoms with van der Waals surface area (Å²) in [7, 11) is -4.14. The zero-order valence-electron chi connectivity index (χ0n) is 25.5. The number of hydrogen-bond acceptors (Lipinski definition) is 5. The minimum atomic E-state index is -4.14. The molecule has 1 N–H and O–H groups in total. The van der Waals surface area contributed by atoms with E-state index in [1.54, 1.807) is 36.4 Å². The first kappa shape index (κ1) is 32.7. The molecule has 3 rings (SSSR count). The lowest BCUT2D eigenvalue weighted by Gasteiger charge is -2.34. The van der Waals surface area contributed by atoms with Crippen LogP contribution < -0.4 is 14.4 Å². The average Bonchev–Trinajstić information content (AvgIpc) is 2.97. The van der Waals surface area contributed by atoms with Crippen LogP contribution in [-0.2, 0) is 26.2 Å². The second-order valence-corrected chi connectivity index (χ2v) is 12.3. The summed E-state index contributed by atoms with van der Waals surface area (Å²) in [6.07, 6.45) is 1.11. The van der Waals surface area contributed by atoms with Gasteiger partial charge in [0.1, 0.15) is 18.3 Å². The van der Waals surface area contributed by atoms with Crippen LogP contribution in [0.4, 0.5) is 5.69 Å². The lowest BCUT2D eigenvalue weighted by molar-refractivity contribution is -0.140. The van der Waals surface area contributed by atoms with Crippen molar-refractivity contribution in [3.05, 3.63) is 89.5 Å². The van der Waals surface area contributed by atoms with E-state index in [1.165, 1.54) is 17.0 Å². The zero-order chi connectivity index (χ0) is 30.9. The van der Waals surface area contributed by atoms with Crippen LogP contribution >= 0.6 is 0 Å². The van der Waals surface area contributed by atoms with Crippen LogP contribution in [0, 0.1) is 13.8 Å². The van der Waals surface area contributed by atoms with Gasteiger partial charge in [0.25, 0.3) is 10.0 Å². The fourth-order valence-corrected chi connectivity index (χ4v) is 5.99. The SMILES string of the molecule is CCOc1ccc(N(CC(=O)N(Cc2ccccc2C)[C@H](CC)C(=O)N[C@H](C)CC)S(=O)(=O)c2ccc(C)cc2)cc1. The van der Waals surface area contributed by atoms with E-state index in [9.17, 15) is 18.0 Å². The van der Waals surface area contributed by atoms with E-state index in [4.69, 9.17) is 4.74 Å². The van der Waals surface area contributed by atoms with Gasteiger partial charge in [0.15, 0.2) is 0 Å². The number of carbonyl (C=O) groups is 2. The van der Waals surface area contributed by atoms with E-state index in [0.29, 0.717) is 24.5 Å². The molecule has 0 radical (unpaired) electrons. The van der Waals surface area contributed by atoms with Crippen LogP contribution in [0.5, 0.6) is 5.75 Å². The molecule has 0 aliphatic heterocycles. The number of rotatable bonds is 14. The maximum atomic E-state index is 14.2. The van der Waals surface area contributed by atoms with E-state index in [0.717, 1.165) is 27.4 Å². The molecule has 0 saturated carbocycles. The lowest BCUT2D eigenvalue weighted by atomic mass is 10.1. The molecule has 9 heteroatoms. The molecule has 0 heterocycles. The highest BCUT2D eigenvalue weighted by atomic mass is 32.2. The number of hydrogen-bond donors (Lipinski definition) is 1. The Bertz CT molecular complexity index is 1440. The Morgan fingerprint density at radius 3 is 2.10 bits per heavy atom. The van der Waals surface area contributed by atoms with Gasteiger partial charge >= 0.3 is 0 Å². The van der Waals surface area contributed by atoms with Crippen molar-refractivity contribution in [2.75, 3.05) is 17.5 Å². The van der Waals surface area contributed by atoms with Crippen LogP contribution in [0.1, 0.15) is 57.2 Å². The smallest absolute Gasteiger partial charge is 0.264 e. The van der Waals surface area contributed by atoms with Crippen LogP contribution in [0.15, 0.2) is 77.7 Å². The Balaban J connectivity index is 2.07. The maximum Gasteiger partial charge on any atom is 0.264 e. The van der Waals surface area contributed by atoms with Crippen molar-refractivity contribution in [3.63, 3.8) is 0 Å². The summed E-state index contributed by atoms with van der Waals surface area (Å²) in [5.41, 5.74) is 3.10. The standard InChI is InChI=1S/C33H43N3O5S/c1-7-26(6)34-33(38)31(8-2)35(22-27-13-11-10-12-25(27)5)32(37)23-36(28-16-18-29(19-17-28)41-9-3)42(39,40)30-20-14-24(4)15-21-30/h10-21,26,31H,7-9,22-23H2,1-6H3,(H,34,38)/t26-,31-/m1/s1. The summed E-state index contributed by atoms with van der Waals surface area (Å²) in [6.45, 7) is 11.6. The predicted octanol–water partition coefficient (Wildman–Crippen LogP) is 5.62. The summed E-state index contributed by atoms with van der Waals surface area (Å²) in [5, 5.41) is 3.00. The van der Waals surface area contributed by atoms with Crippen LogP contribution in [0.25, 0.3) is 0 Å². The molecule has 0 aliphatic rings. The van der Waals surface area contributed by atoms with E-state index in [-0.39, 0.29) is 23.4 Å². The number of amides is 2. The number of nitrogens with one attached hydrogen (secondary N) is 1. The van der Waals surface area contributed by atoms with E-state index >= 15 is 0 Å². The summed E-state index contributed by atoms with van der Waals surface area (Å²) in [6, 6.07) is 20.0. The quantitative estimate of drug-likeness (QED) is 0.262. The molecule has 0 bridgehead atoms. The van der Waals surface area contributed by atoms with Gasteiger partial charge in [0.05, 0.1) is 17.2 Å². The predicted molar refractivity (Wildman–Crippen MR) is 167 cm³/mol. The minimum absolute atomic E-state index is 0.0655. The fourth-order valence-electron chi connectivity index (χ4n) is 4.57. The third-order valence-corrected chi connectivity index (χ3v) is 9.10. The second kappa shape index (κ2) is 14.9. The molecule has 0 unspecified atom stereocenters. The largest absolute Gasteiger partial charge is 0.494 e. The van der Waals surface area contributed by atoms with Gasteiger partial charge in [0.2, 0.25) is 11.8 Å². The molecule has 0 spiro atoms. The average molecular weight is 594 g/mol. The van der Waals surface area contributed by atoms with Gasteiger partial charge in [-0.25, -0.2) is 8.42 Å². The Labute approximate surface area is 250 Å². The number of aryl methyl sites for hydroxylation is 2. The Morgan fingerprint density at radius 1 is 0.881 bits per heavy atom. The molecule has 42 heavy (non-hydrogen) atoms. The third kappa shape index (κ3) is 8.12. The highest BCUT2D eigenvalue weighted by Gasteiger charge is 2.34. The van der Waals surface area contributed by atoms with Gasteiger partial charge in [-0.3, -0.25) is 13.9 Å². The van der Waals surface area contributed by atoms with Crippen LogP contribution in [0.2, 0.25) is 0 Å². The normalized spacial score (nSPS) is 12.7. The number of anilines is 1. The first-order valence-corrected chi connectivity index (χ1v) is 15.9. The fraction of sp³-hybridized carbons (Fsp3) is 0.394. The van der Waals surface area contributed by atoms with E-state index < -0.39 is 28.5 Å². The highest BCUT2D eigenvalue weighted by molar-refractivity contribution is 7.92. The molecular formula is C33H43N3O5S. The molecule has 0 aromatic heterocycles. The van der Waals surface area contributed by atoms with Crippen LogP contribution in [0.3, 0.4) is 0 Å². The number of benzene rings is 3. The molecule has 0 aliphatic carbocycles. The van der Waals surface area contributed by atoms with E-state index in [2.05, 4.69) is 5.32 Å². The molecule has 0 saturated heterocycles. The number of ether oxygens (including phenoxy) is 1. The molecule has 8 nitrogen and oxygen atoms in total. The van der Waals surface area contributed by atoms with Gasteiger partial charge in [-0.15, -0.1) is 0 Å². The zero-order valence-corrected chi connectivity index (χ0v) is 26.3. The maximum absolute atomic E-state index is 14.2. The van der Waals surface area contributed by atoms with Crippen molar-refractivity contribution in [1.82, 2.24) is 10.2 Å². The molecule has 226 valence electrons. The third-order valence-electron chi connectivity index (χ3n) is 7.31.